The maximum atomic E-state index is 12.4. The van der Waals surface area contributed by atoms with Crippen molar-refractivity contribution in [2.45, 2.75) is 30.8 Å². The molecule has 0 bridgehead atoms. The van der Waals surface area contributed by atoms with Gasteiger partial charge in [0.25, 0.3) is 0 Å². The number of hydrazine groups is 2. The van der Waals surface area contributed by atoms with Crippen molar-refractivity contribution in [2.24, 2.45) is 0 Å². The zero-order valence-electron chi connectivity index (χ0n) is 21.8. The second-order valence-corrected chi connectivity index (χ2v) is 12.4. The van der Waals surface area contributed by atoms with Crippen LogP contribution in [0.5, 0.6) is 0 Å². The normalized spacial score (nSPS) is 15.3. The Morgan fingerprint density at radius 1 is 1.03 bits per heavy atom. The molecule has 3 N–H and O–H groups in total. The van der Waals surface area contributed by atoms with Gasteiger partial charge in [0, 0.05) is 53.8 Å². The summed E-state index contributed by atoms with van der Waals surface area (Å²) in [5, 5.41) is 15.4. The van der Waals surface area contributed by atoms with Crippen LogP contribution in [-0.4, -0.2) is 41.8 Å². The van der Waals surface area contributed by atoms with Crippen molar-refractivity contribution >= 4 is 43.9 Å². The number of fused-ring (bicyclic) bond motifs is 1. The Hall–Kier alpha value is -3.21. The van der Waals surface area contributed by atoms with Crippen LogP contribution >= 0.6 is 23.2 Å². The topological polar surface area (TPSA) is 107 Å². The highest BCUT2D eigenvalue weighted by atomic mass is 35.5. The molecule has 8 nitrogen and oxygen atoms in total. The molecule has 0 amide bonds. The van der Waals surface area contributed by atoms with Gasteiger partial charge in [0.15, 0.2) is 15.4 Å². The van der Waals surface area contributed by atoms with Gasteiger partial charge in [-0.2, -0.15) is 0 Å². The van der Waals surface area contributed by atoms with Crippen molar-refractivity contribution in [3.05, 3.63) is 110 Å². The lowest BCUT2D eigenvalue weighted by molar-refractivity contribution is 0.0811. The van der Waals surface area contributed by atoms with Crippen molar-refractivity contribution in [2.75, 3.05) is 13.3 Å². The number of aromatic nitrogens is 2. The Kier molecular flexibility index (Phi) is 7.07. The first kappa shape index (κ1) is 27.4. The lowest BCUT2D eigenvalue weighted by Crippen LogP contribution is -2.42. The number of hydrogen-bond donors (Lipinski definition) is 3. The molecule has 0 aliphatic carbocycles. The molecule has 1 aliphatic rings. The first-order valence-electron chi connectivity index (χ1n) is 12.1. The third-order valence-electron chi connectivity index (χ3n) is 6.90. The minimum atomic E-state index is -3.31. The average molecular weight is 585 g/mol. The van der Waals surface area contributed by atoms with E-state index in [0.29, 0.717) is 50.4 Å². The van der Waals surface area contributed by atoms with Crippen LogP contribution in [0.25, 0.3) is 10.9 Å². The molecule has 202 valence electrons. The molecule has 4 aromatic rings. The van der Waals surface area contributed by atoms with E-state index in [2.05, 4.69) is 20.9 Å². The second kappa shape index (κ2) is 10.1. The van der Waals surface area contributed by atoms with Gasteiger partial charge in [-0.05, 0) is 55.3 Å². The molecule has 5 rings (SSSR count). The van der Waals surface area contributed by atoms with E-state index in [-0.39, 0.29) is 10.0 Å². The minimum absolute atomic E-state index is 0.236. The van der Waals surface area contributed by atoms with E-state index in [1.807, 2.05) is 32.0 Å². The van der Waals surface area contributed by atoms with Crippen molar-refractivity contribution in [3.8, 4) is 0 Å². The molecule has 0 spiro atoms. The molecule has 0 saturated heterocycles. The second-order valence-electron chi connectivity index (χ2n) is 9.66. The van der Waals surface area contributed by atoms with Crippen LogP contribution in [0, 0.1) is 13.8 Å². The number of benzene rings is 2. The van der Waals surface area contributed by atoms with Gasteiger partial charge in [-0.3, -0.25) is 9.99 Å². The van der Waals surface area contributed by atoms with Gasteiger partial charge in [0.05, 0.1) is 21.1 Å². The molecule has 3 heterocycles. The standard InChI is InChI=1S/C28H27Cl2N5O3S/c1-16-5-11-23(17(2)32-16)28(36,25-15-31-34-35(25)3)19-8-12-24-21(14-19)26(29)22(27(30)33-24)13-18-6-9-20(10-7-18)39(4,37)38/h5-12,14-15,31,34,36H,13H2,1-4H3. The number of nitrogens with one attached hydrogen (secondary N) is 2. The Morgan fingerprint density at radius 3 is 2.36 bits per heavy atom. The third-order valence-corrected chi connectivity index (χ3v) is 8.78. The smallest absolute Gasteiger partial charge is 0.175 e. The number of nitrogens with zero attached hydrogens (tertiary/aromatic N) is 3. The van der Waals surface area contributed by atoms with E-state index in [9.17, 15) is 13.5 Å². The molecule has 11 heteroatoms. The summed E-state index contributed by atoms with van der Waals surface area (Å²) in [5.41, 5.74) is 9.65. The predicted octanol–water partition coefficient (Wildman–Crippen LogP) is 4.58. The van der Waals surface area contributed by atoms with E-state index in [1.165, 1.54) is 6.26 Å². The monoisotopic (exact) mass is 583 g/mol. The maximum Gasteiger partial charge on any atom is 0.175 e. The quantitative estimate of drug-likeness (QED) is 0.283. The number of hydrogen-bond acceptors (Lipinski definition) is 8. The van der Waals surface area contributed by atoms with Gasteiger partial charge in [-0.25, -0.2) is 13.4 Å². The average Bonchev–Trinajstić information content (AvgIpc) is 3.32. The largest absolute Gasteiger partial charge is 0.374 e. The molecule has 2 aromatic carbocycles. The number of pyridine rings is 2. The summed E-state index contributed by atoms with van der Waals surface area (Å²) in [6, 6.07) is 15.7. The molecule has 39 heavy (non-hydrogen) atoms. The van der Waals surface area contributed by atoms with Gasteiger partial charge in [-0.15, -0.1) is 5.53 Å². The molecule has 1 unspecified atom stereocenters. The minimum Gasteiger partial charge on any atom is -0.374 e. The van der Waals surface area contributed by atoms with E-state index in [1.54, 1.807) is 54.7 Å². The third kappa shape index (κ3) is 4.97. The van der Waals surface area contributed by atoms with Crippen molar-refractivity contribution in [1.82, 2.24) is 25.9 Å². The number of sulfone groups is 1. The Balaban J connectivity index is 1.65. The van der Waals surface area contributed by atoms with Crippen LogP contribution in [0.4, 0.5) is 0 Å². The van der Waals surface area contributed by atoms with Crippen LogP contribution in [0.15, 0.2) is 71.4 Å². The summed E-state index contributed by atoms with van der Waals surface area (Å²) in [6.45, 7) is 3.77. The Morgan fingerprint density at radius 2 is 1.74 bits per heavy atom. The summed E-state index contributed by atoms with van der Waals surface area (Å²) in [6.07, 6.45) is 3.22. The molecule has 0 saturated carbocycles. The van der Waals surface area contributed by atoms with Crippen molar-refractivity contribution < 1.29 is 13.5 Å². The summed E-state index contributed by atoms with van der Waals surface area (Å²) in [7, 11) is -1.50. The molecule has 0 radical (unpaired) electrons. The zero-order valence-corrected chi connectivity index (χ0v) is 24.1. The van der Waals surface area contributed by atoms with Crippen LogP contribution in [0.2, 0.25) is 10.2 Å². The van der Waals surface area contributed by atoms with Gasteiger partial charge in [0.2, 0.25) is 0 Å². The number of likely N-dealkylation sites (N-methyl/N-ethyl adjacent to an activating group) is 1. The predicted molar refractivity (Wildman–Crippen MR) is 153 cm³/mol. The summed E-state index contributed by atoms with van der Waals surface area (Å²) < 4.78 is 23.7. The van der Waals surface area contributed by atoms with Gasteiger partial charge >= 0.3 is 0 Å². The van der Waals surface area contributed by atoms with E-state index < -0.39 is 15.4 Å². The highest BCUT2D eigenvalue weighted by Gasteiger charge is 2.41. The van der Waals surface area contributed by atoms with Crippen molar-refractivity contribution in [1.29, 1.82) is 0 Å². The first-order valence-corrected chi connectivity index (χ1v) is 14.7. The Bertz CT molecular complexity index is 1740. The maximum absolute atomic E-state index is 12.4. The molecule has 1 atom stereocenters. The molecular weight excluding hydrogens is 557 g/mol. The Labute approximate surface area is 237 Å². The highest BCUT2D eigenvalue weighted by molar-refractivity contribution is 7.90. The van der Waals surface area contributed by atoms with Gasteiger partial charge < -0.3 is 10.5 Å². The lowest BCUT2D eigenvalue weighted by Gasteiger charge is -2.34. The summed E-state index contributed by atoms with van der Waals surface area (Å²) in [5.74, 6) is 0. The van der Waals surface area contributed by atoms with E-state index in [0.717, 1.165) is 11.3 Å². The lowest BCUT2D eigenvalue weighted by atomic mass is 9.82. The van der Waals surface area contributed by atoms with Gasteiger partial charge in [-0.1, -0.05) is 47.5 Å². The van der Waals surface area contributed by atoms with Crippen LogP contribution in [0.3, 0.4) is 0 Å². The molecule has 1 aliphatic heterocycles. The van der Waals surface area contributed by atoms with Crippen LogP contribution in [-0.2, 0) is 21.9 Å². The fourth-order valence-electron chi connectivity index (χ4n) is 4.88. The first-order chi connectivity index (χ1) is 18.4. The molecular formula is C28H27Cl2N5O3S. The SMILES string of the molecule is Cc1ccc(C(O)(C2=CNNN2C)c2ccc3nc(Cl)c(Cc4ccc(S(C)(=O)=O)cc4)c(Cl)c3c2)c(C)n1. The zero-order chi connectivity index (χ0) is 28.1. The molecule has 2 aromatic heterocycles. The van der Waals surface area contributed by atoms with Crippen molar-refractivity contribution in [3.63, 3.8) is 0 Å². The number of halogens is 2. The highest BCUT2D eigenvalue weighted by Crippen LogP contribution is 2.42. The number of rotatable bonds is 6. The van der Waals surface area contributed by atoms with Crippen LogP contribution in [0.1, 0.15) is 33.6 Å². The molecule has 0 fully saturated rings. The number of aliphatic hydroxyl groups is 1. The van der Waals surface area contributed by atoms with Crippen LogP contribution < -0.4 is 11.0 Å². The summed E-state index contributed by atoms with van der Waals surface area (Å²) >= 11 is 13.5. The van der Waals surface area contributed by atoms with Gasteiger partial charge in [0.1, 0.15) is 5.15 Å². The van der Waals surface area contributed by atoms with E-state index >= 15 is 0 Å². The number of aryl methyl sites for hydroxylation is 2. The van der Waals surface area contributed by atoms with E-state index in [4.69, 9.17) is 23.2 Å². The fraction of sp³-hybridized carbons (Fsp3) is 0.214. The summed E-state index contributed by atoms with van der Waals surface area (Å²) in [4.78, 5) is 9.40. The fourth-order valence-corrected chi connectivity index (χ4v) is 6.12.